The summed E-state index contributed by atoms with van der Waals surface area (Å²) in [6, 6.07) is 19.2. The van der Waals surface area contributed by atoms with Crippen molar-refractivity contribution in [2.75, 3.05) is 0 Å². The molecule has 8 heteroatoms. The second-order valence-electron chi connectivity index (χ2n) is 5.26. The van der Waals surface area contributed by atoms with Crippen molar-refractivity contribution >= 4 is 33.3 Å². The summed E-state index contributed by atoms with van der Waals surface area (Å²) in [5.41, 5.74) is 1.45. The van der Waals surface area contributed by atoms with Gasteiger partial charge in [0.2, 0.25) is 0 Å². The van der Waals surface area contributed by atoms with Crippen LogP contribution in [0.15, 0.2) is 72.9 Å². The topological polar surface area (TPSA) is 112 Å². The lowest BCUT2D eigenvalue weighted by atomic mass is 10.2. The average molecular weight is 348 g/mol. The van der Waals surface area contributed by atoms with Gasteiger partial charge in [-0.25, -0.2) is 4.98 Å². The third-order valence-electron chi connectivity index (χ3n) is 3.56. The number of nitro groups is 2. The van der Waals surface area contributed by atoms with Gasteiger partial charge in [0.05, 0.1) is 10.4 Å². The zero-order chi connectivity index (χ0) is 18.5. The fraction of sp³-hybridized carbons (Fsp3) is 0. The predicted octanol–water partition coefficient (Wildman–Crippen LogP) is 4.29. The molecular formula is C18H12N4O4. The lowest BCUT2D eigenvalue weighted by molar-refractivity contribution is -0.389. The van der Waals surface area contributed by atoms with E-state index in [-0.39, 0.29) is 11.5 Å². The van der Waals surface area contributed by atoms with Crippen LogP contribution in [0.4, 0.5) is 11.5 Å². The average Bonchev–Trinajstić information content (AvgIpc) is 2.67. The van der Waals surface area contributed by atoms with E-state index in [4.69, 9.17) is 0 Å². The number of rotatable bonds is 2. The van der Waals surface area contributed by atoms with Crippen LogP contribution < -0.4 is 0 Å². The Morgan fingerprint density at radius 2 is 1.38 bits per heavy atom. The molecule has 26 heavy (non-hydrogen) atoms. The quantitative estimate of drug-likeness (QED) is 0.394. The fourth-order valence-corrected chi connectivity index (χ4v) is 2.32. The molecule has 2 aromatic heterocycles. The van der Waals surface area contributed by atoms with E-state index >= 15 is 0 Å². The van der Waals surface area contributed by atoms with Crippen LogP contribution in [-0.2, 0) is 0 Å². The van der Waals surface area contributed by atoms with Gasteiger partial charge in [-0.05, 0) is 28.1 Å². The highest BCUT2D eigenvalue weighted by molar-refractivity contribution is 5.80. The molecule has 2 aromatic carbocycles. The summed E-state index contributed by atoms with van der Waals surface area (Å²) < 4.78 is 0. The largest absolute Gasteiger partial charge is 0.364 e. The van der Waals surface area contributed by atoms with Gasteiger partial charge in [0.1, 0.15) is 6.20 Å². The molecule has 0 radical (unpaired) electrons. The molecule has 0 spiro atoms. The van der Waals surface area contributed by atoms with Crippen LogP contribution in [0.25, 0.3) is 21.8 Å². The third-order valence-corrected chi connectivity index (χ3v) is 3.56. The molecule has 128 valence electrons. The number of para-hydroxylation sites is 2. The summed E-state index contributed by atoms with van der Waals surface area (Å²) in [6.07, 6.45) is 1.27. The lowest BCUT2D eigenvalue weighted by Gasteiger charge is -1.94. The smallest absolute Gasteiger partial charge is 0.358 e. The van der Waals surface area contributed by atoms with Crippen LogP contribution in [-0.4, -0.2) is 19.8 Å². The van der Waals surface area contributed by atoms with Crippen LogP contribution >= 0.6 is 0 Å². The summed E-state index contributed by atoms with van der Waals surface area (Å²) >= 11 is 0. The Morgan fingerprint density at radius 1 is 0.731 bits per heavy atom. The molecule has 0 unspecified atom stereocenters. The minimum Gasteiger partial charge on any atom is -0.358 e. The van der Waals surface area contributed by atoms with E-state index in [0.29, 0.717) is 5.52 Å². The number of nitrogens with zero attached hydrogens (tertiary/aromatic N) is 4. The molecule has 0 saturated carbocycles. The first-order valence-corrected chi connectivity index (χ1v) is 7.54. The first-order chi connectivity index (χ1) is 12.5. The van der Waals surface area contributed by atoms with Gasteiger partial charge in [-0.2, -0.15) is 0 Å². The zero-order valence-corrected chi connectivity index (χ0v) is 13.4. The first kappa shape index (κ1) is 16.9. The second-order valence-corrected chi connectivity index (χ2v) is 5.26. The van der Waals surface area contributed by atoms with Gasteiger partial charge < -0.3 is 10.1 Å². The molecule has 0 bridgehead atoms. The molecule has 0 N–H and O–H groups in total. The second kappa shape index (κ2) is 7.31. The maximum Gasteiger partial charge on any atom is 0.364 e. The van der Waals surface area contributed by atoms with Crippen LogP contribution in [0, 0.1) is 20.2 Å². The SMILES string of the molecule is O=[N+]([O-])c1ccc2ccccc2n1.O=[N+]([O-])c1cnc2ccccc2c1. The number of pyridine rings is 2. The Balaban J connectivity index is 0.000000151. The van der Waals surface area contributed by atoms with Gasteiger partial charge in [0.25, 0.3) is 5.69 Å². The van der Waals surface area contributed by atoms with Crippen molar-refractivity contribution in [2.24, 2.45) is 0 Å². The van der Waals surface area contributed by atoms with Crippen molar-refractivity contribution in [2.45, 2.75) is 0 Å². The summed E-state index contributed by atoms with van der Waals surface area (Å²) in [5, 5.41) is 22.5. The van der Waals surface area contributed by atoms with Gasteiger partial charge in [-0.3, -0.25) is 10.1 Å². The van der Waals surface area contributed by atoms with Gasteiger partial charge >= 0.3 is 5.82 Å². The van der Waals surface area contributed by atoms with Crippen LogP contribution in [0.1, 0.15) is 0 Å². The summed E-state index contributed by atoms with van der Waals surface area (Å²) in [6.45, 7) is 0. The Bertz CT molecular complexity index is 1030. The molecule has 0 fully saturated rings. The molecular weight excluding hydrogens is 336 g/mol. The Labute approximate surface area is 147 Å². The lowest BCUT2D eigenvalue weighted by Crippen LogP contribution is -1.91. The van der Waals surface area contributed by atoms with E-state index in [9.17, 15) is 20.2 Å². The number of aromatic nitrogens is 2. The van der Waals surface area contributed by atoms with E-state index in [1.54, 1.807) is 24.3 Å². The molecule has 0 saturated heterocycles. The van der Waals surface area contributed by atoms with Gasteiger partial charge in [0, 0.05) is 22.9 Å². The summed E-state index contributed by atoms with van der Waals surface area (Å²) in [7, 11) is 0. The van der Waals surface area contributed by atoms with Crippen LogP contribution in [0.5, 0.6) is 0 Å². The van der Waals surface area contributed by atoms with E-state index in [2.05, 4.69) is 9.97 Å². The Morgan fingerprint density at radius 3 is 2.08 bits per heavy atom. The van der Waals surface area contributed by atoms with E-state index in [1.807, 2.05) is 30.3 Å². The fourth-order valence-electron chi connectivity index (χ4n) is 2.32. The van der Waals surface area contributed by atoms with E-state index in [0.717, 1.165) is 16.3 Å². The van der Waals surface area contributed by atoms with Crippen molar-refractivity contribution in [3.05, 3.63) is 93.2 Å². The van der Waals surface area contributed by atoms with Gasteiger partial charge in [0.15, 0.2) is 5.52 Å². The van der Waals surface area contributed by atoms with Crippen molar-refractivity contribution in [1.82, 2.24) is 9.97 Å². The first-order valence-electron chi connectivity index (χ1n) is 7.54. The molecule has 2 heterocycles. The minimum atomic E-state index is -0.494. The maximum absolute atomic E-state index is 10.4. The molecule has 0 aliphatic carbocycles. The number of hydrogen-bond donors (Lipinski definition) is 0. The highest BCUT2D eigenvalue weighted by atomic mass is 16.6. The predicted molar refractivity (Wildman–Crippen MR) is 96.8 cm³/mol. The number of benzene rings is 2. The van der Waals surface area contributed by atoms with Crippen molar-refractivity contribution < 1.29 is 9.85 Å². The molecule has 4 rings (SSSR count). The van der Waals surface area contributed by atoms with Gasteiger partial charge in [-0.1, -0.05) is 36.4 Å². The number of fused-ring (bicyclic) bond motifs is 2. The summed E-state index contributed by atoms with van der Waals surface area (Å²) in [4.78, 5) is 27.7. The monoisotopic (exact) mass is 348 g/mol. The molecule has 4 aromatic rings. The molecule has 8 nitrogen and oxygen atoms in total. The van der Waals surface area contributed by atoms with Crippen molar-refractivity contribution in [3.63, 3.8) is 0 Å². The minimum absolute atomic E-state index is 0.0266. The van der Waals surface area contributed by atoms with E-state index in [1.165, 1.54) is 18.3 Å². The number of hydrogen-bond acceptors (Lipinski definition) is 6. The van der Waals surface area contributed by atoms with Crippen LogP contribution in [0.3, 0.4) is 0 Å². The molecule has 0 aliphatic rings. The standard InChI is InChI=1S/2C9H6N2O2/c12-11(13)8-5-7-3-1-2-4-9(7)10-6-8;12-11(13)9-6-5-7-3-1-2-4-8(7)10-9/h2*1-6H. The molecule has 0 atom stereocenters. The van der Waals surface area contributed by atoms with E-state index < -0.39 is 9.85 Å². The molecule has 0 amide bonds. The normalized spacial score (nSPS) is 10.2. The zero-order valence-electron chi connectivity index (χ0n) is 13.4. The highest BCUT2D eigenvalue weighted by Crippen LogP contribution is 2.17. The third kappa shape index (κ3) is 3.75. The van der Waals surface area contributed by atoms with Crippen LogP contribution in [0.2, 0.25) is 0 Å². The highest BCUT2D eigenvalue weighted by Gasteiger charge is 2.07. The Kier molecular flexibility index (Phi) is 4.75. The summed E-state index contributed by atoms with van der Waals surface area (Å²) in [5.74, 6) is -0.112. The molecule has 0 aliphatic heterocycles. The maximum atomic E-state index is 10.4. The Hall–Kier alpha value is -3.94. The van der Waals surface area contributed by atoms with Crippen molar-refractivity contribution in [1.29, 1.82) is 0 Å². The van der Waals surface area contributed by atoms with Gasteiger partial charge in [-0.15, -0.1) is 0 Å². The van der Waals surface area contributed by atoms with Crippen molar-refractivity contribution in [3.8, 4) is 0 Å².